The quantitative estimate of drug-likeness (QED) is 0.226. The first kappa shape index (κ1) is 30.7. The maximum absolute atomic E-state index is 12.4. The molecule has 0 aliphatic carbocycles. The molecule has 4 heterocycles. The van der Waals surface area contributed by atoms with Crippen molar-refractivity contribution in [2.45, 2.75) is 18.0 Å². The van der Waals surface area contributed by atoms with Gasteiger partial charge in [0.1, 0.15) is 11.5 Å². The van der Waals surface area contributed by atoms with Gasteiger partial charge in [-0.2, -0.15) is 0 Å². The predicted molar refractivity (Wildman–Crippen MR) is 164 cm³/mol. The van der Waals surface area contributed by atoms with Gasteiger partial charge in [-0.3, -0.25) is 9.97 Å². The van der Waals surface area contributed by atoms with E-state index in [1.54, 1.807) is 50.9 Å². The summed E-state index contributed by atoms with van der Waals surface area (Å²) < 4.78 is 38.7. The molecule has 12 heteroatoms. The highest BCUT2D eigenvalue weighted by atomic mass is 79.9. The summed E-state index contributed by atoms with van der Waals surface area (Å²) in [4.78, 5) is 17.6. The molecular weight excluding hydrogens is 620 g/mol. The van der Waals surface area contributed by atoms with E-state index >= 15 is 0 Å². The van der Waals surface area contributed by atoms with Crippen molar-refractivity contribution in [2.75, 3.05) is 14.2 Å². The Hall–Kier alpha value is -4.23. The Kier molecular flexibility index (Phi) is 10.7. The summed E-state index contributed by atoms with van der Waals surface area (Å²) in [6.45, 7) is 0.423. The van der Waals surface area contributed by atoms with Crippen LogP contribution in [0.3, 0.4) is 0 Å². The molecule has 0 fully saturated rings. The van der Waals surface area contributed by atoms with Crippen molar-refractivity contribution in [1.82, 2.24) is 24.7 Å². The molecular formula is C30H29BrN6O4S. The fraction of sp³-hybridized carbons (Fsp3) is 0.133. The van der Waals surface area contributed by atoms with E-state index in [1.165, 1.54) is 12.1 Å². The molecule has 216 valence electrons. The second-order valence-corrected chi connectivity index (χ2v) is 11.4. The number of nitrogens with zero attached hydrogens (tertiary/aromatic N) is 4. The molecule has 0 radical (unpaired) electrons. The Labute approximate surface area is 253 Å². The van der Waals surface area contributed by atoms with Crippen molar-refractivity contribution >= 4 is 26.0 Å². The smallest absolute Gasteiger partial charge is 0.240 e. The summed E-state index contributed by atoms with van der Waals surface area (Å²) in [6.07, 6.45) is 3.41. The van der Waals surface area contributed by atoms with Crippen LogP contribution in [0.1, 0.15) is 11.4 Å². The Morgan fingerprint density at radius 2 is 1.26 bits per heavy atom. The van der Waals surface area contributed by atoms with E-state index in [0.717, 1.165) is 27.3 Å². The molecule has 5 aromatic rings. The van der Waals surface area contributed by atoms with Gasteiger partial charge in [0.05, 0.1) is 59.8 Å². The van der Waals surface area contributed by atoms with Gasteiger partial charge in [-0.25, -0.2) is 23.1 Å². The largest absolute Gasteiger partial charge is 0.497 e. The third kappa shape index (κ3) is 8.40. The number of rotatable bonds is 9. The molecule has 0 unspecified atom stereocenters. The van der Waals surface area contributed by atoms with Crippen LogP contribution < -0.4 is 19.9 Å². The number of pyridine rings is 4. The van der Waals surface area contributed by atoms with Gasteiger partial charge in [0, 0.05) is 47.7 Å². The first-order valence-electron chi connectivity index (χ1n) is 12.7. The van der Waals surface area contributed by atoms with Crippen molar-refractivity contribution in [3.05, 3.63) is 113 Å². The molecule has 0 aliphatic heterocycles. The SMILES string of the molecule is COc1cc(CN)nc(-c2ccccn2)c1.COc1cc(CNS(=O)(=O)c2ccc(Br)cc2)nc(-c2ccccn2)c1. The van der Waals surface area contributed by atoms with E-state index < -0.39 is 10.0 Å². The van der Waals surface area contributed by atoms with Gasteiger partial charge in [-0.1, -0.05) is 28.1 Å². The van der Waals surface area contributed by atoms with Crippen LogP contribution in [0.15, 0.2) is 107 Å². The molecule has 4 aromatic heterocycles. The summed E-state index contributed by atoms with van der Waals surface area (Å²) in [7, 11) is -0.468. The number of methoxy groups -OCH3 is 2. The molecule has 3 N–H and O–H groups in total. The minimum absolute atomic E-state index is 0.0371. The minimum Gasteiger partial charge on any atom is -0.497 e. The van der Waals surface area contributed by atoms with Gasteiger partial charge in [0.25, 0.3) is 0 Å². The van der Waals surface area contributed by atoms with Crippen molar-refractivity contribution in [2.24, 2.45) is 5.73 Å². The zero-order valence-electron chi connectivity index (χ0n) is 22.9. The van der Waals surface area contributed by atoms with Crippen LogP contribution in [0.25, 0.3) is 22.8 Å². The molecule has 42 heavy (non-hydrogen) atoms. The number of hydrogen-bond donors (Lipinski definition) is 2. The molecule has 1 aromatic carbocycles. The first-order valence-corrected chi connectivity index (χ1v) is 15.0. The fourth-order valence-corrected chi connectivity index (χ4v) is 4.97. The molecule has 10 nitrogen and oxygen atoms in total. The number of nitrogens with two attached hydrogens (primary N) is 1. The summed E-state index contributed by atoms with van der Waals surface area (Å²) in [5.41, 5.74) is 9.80. The average molecular weight is 650 g/mol. The number of nitrogens with one attached hydrogen (secondary N) is 1. The summed E-state index contributed by atoms with van der Waals surface area (Å²) >= 11 is 3.29. The predicted octanol–water partition coefficient (Wildman–Crippen LogP) is 5.00. The maximum Gasteiger partial charge on any atom is 0.240 e. The second-order valence-electron chi connectivity index (χ2n) is 8.68. The average Bonchev–Trinajstić information content (AvgIpc) is 3.04. The lowest BCUT2D eigenvalue weighted by molar-refractivity contribution is 0.413. The third-order valence-electron chi connectivity index (χ3n) is 5.81. The van der Waals surface area contributed by atoms with Crippen LogP contribution in [0, 0.1) is 0 Å². The van der Waals surface area contributed by atoms with Crippen LogP contribution in [0.5, 0.6) is 11.5 Å². The fourth-order valence-electron chi connectivity index (χ4n) is 3.71. The lowest BCUT2D eigenvalue weighted by Gasteiger charge is -2.10. The zero-order valence-corrected chi connectivity index (χ0v) is 25.3. The van der Waals surface area contributed by atoms with Gasteiger partial charge in [0.15, 0.2) is 0 Å². The van der Waals surface area contributed by atoms with E-state index in [2.05, 4.69) is 40.6 Å². The molecule has 5 rings (SSSR count). The van der Waals surface area contributed by atoms with Crippen LogP contribution >= 0.6 is 15.9 Å². The highest BCUT2D eigenvalue weighted by molar-refractivity contribution is 9.10. The normalized spacial score (nSPS) is 10.9. The Morgan fingerprint density at radius 3 is 1.74 bits per heavy atom. The van der Waals surface area contributed by atoms with E-state index in [0.29, 0.717) is 29.4 Å². The van der Waals surface area contributed by atoms with E-state index in [4.69, 9.17) is 15.2 Å². The molecule has 0 spiro atoms. The standard InChI is InChI=1S/C18H16BrN3O3S.C12H13N3O/c1-25-15-10-14(22-18(11-15)17-4-2-3-9-20-17)12-21-26(23,24)16-7-5-13(19)6-8-16;1-16-10-6-9(8-13)15-12(7-10)11-4-2-3-5-14-11/h2-11,21H,12H2,1H3;2-7H,8,13H2,1H3. The number of ether oxygens (including phenoxy) is 2. The second kappa shape index (κ2) is 14.6. The van der Waals surface area contributed by atoms with Crippen molar-refractivity contribution < 1.29 is 17.9 Å². The topological polar surface area (TPSA) is 142 Å². The molecule has 0 aliphatic rings. The van der Waals surface area contributed by atoms with E-state index in [-0.39, 0.29) is 11.4 Å². The molecule has 0 bridgehead atoms. The Balaban J connectivity index is 0.000000216. The van der Waals surface area contributed by atoms with Crippen LogP contribution in [0.4, 0.5) is 0 Å². The highest BCUT2D eigenvalue weighted by Gasteiger charge is 2.15. The number of benzene rings is 1. The highest BCUT2D eigenvalue weighted by Crippen LogP contribution is 2.23. The van der Waals surface area contributed by atoms with Crippen molar-refractivity contribution in [1.29, 1.82) is 0 Å². The van der Waals surface area contributed by atoms with Gasteiger partial charge < -0.3 is 15.2 Å². The van der Waals surface area contributed by atoms with Gasteiger partial charge >= 0.3 is 0 Å². The Bertz CT molecular complexity index is 1690. The number of aromatic nitrogens is 4. The molecule has 0 atom stereocenters. The van der Waals surface area contributed by atoms with E-state index in [9.17, 15) is 8.42 Å². The van der Waals surface area contributed by atoms with Gasteiger partial charge in [-0.15, -0.1) is 0 Å². The van der Waals surface area contributed by atoms with Crippen LogP contribution in [0.2, 0.25) is 0 Å². The third-order valence-corrected chi connectivity index (χ3v) is 7.75. The molecule has 0 amide bonds. The van der Waals surface area contributed by atoms with E-state index in [1.807, 2.05) is 48.5 Å². The monoisotopic (exact) mass is 648 g/mol. The zero-order chi connectivity index (χ0) is 30.0. The minimum atomic E-state index is -3.64. The first-order chi connectivity index (χ1) is 20.3. The number of hydrogen-bond acceptors (Lipinski definition) is 9. The van der Waals surface area contributed by atoms with Crippen molar-refractivity contribution in [3.8, 4) is 34.3 Å². The van der Waals surface area contributed by atoms with Crippen molar-refractivity contribution in [3.63, 3.8) is 0 Å². The lowest BCUT2D eigenvalue weighted by Crippen LogP contribution is -2.23. The maximum atomic E-state index is 12.4. The summed E-state index contributed by atoms with van der Waals surface area (Å²) in [5.74, 6) is 1.33. The van der Waals surface area contributed by atoms with Gasteiger partial charge in [0.2, 0.25) is 10.0 Å². The number of halogens is 1. The molecule has 0 saturated heterocycles. The van der Waals surface area contributed by atoms with Gasteiger partial charge in [-0.05, 0) is 48.5 Å². The van der Waals surface area contributed by atoms with Crippen LogP contribution in [-0.4, -0.2) is 42.6 Å². The number of sulfonamides is 1. The lowest BCUT2D eigenvalue weighted by atomic mass is 10.2. The Morgan fingerprint density at radius 1 is 0.738 bits per heavy atom. The molecule has 0 saturated carbocycles. The van der Waals surface area contributed by atoms with Crippen LogP contribution in [-0.2, 0) is 23.1 Å². The summed E-state index contributed by atoms with van der Waals surface area (Å²) in [6, 6.07) is 24.7. The summed E-state index contributed by atoms with van der Waals surface area (Å²) in [5, 5.41) is 0.